The lowest BCUT2D eigenvalue weighted by Gasteiger charge is -2.21. The maximum absolute atomic E-state index is 12.5. The van der Waals surface area contributed by atoms with Crippen molar-refractivity contribution in [1.29, 1.82) is 0 Å². The van der Waals surface area contributed by atoms with Gasteiger partial charge in [-0.15, -0.1) is 0 Å². The lowest BCUT2D eigenvalue weighted by atomic mass is 9.90. The second-order valence-electron chi connectivity index (χ2n) is 6.98. The van der Waals surface area contributed by atoms with Crippen molar-refractivity contribution in [2.45, 2.75) is 38.6 Å². The third-order valence-corrected chi connectivity index (χ3v) is 4.95. The molecule has 5 heteroatoms. The Bertz CT molecular complexity index is 872. The summed E-state index contributed by atoms with van der Waals surface area (Å²) < 4.78 is 5.11. The highest BCUT2D eigenvalue weighted by Gasteiger charge is 2.18. The van der Waals surface area contributed by atoms with Gasteiger partial charge in [0.15, 0.2) is 0 Å². The molecule has 0 fully saturated rings. The van der Waals surface area contributed by atoms with Crippen LogP contribution in [-0.2, 0) is 22.4 Å². The quantitative estimate of drug-likeness (QED) is 0.753. The Hall–Kier alpha value is -3.08. The van der Waals surface area contributed by atoms with E-state index in [1.165, 1.54) is 23.6 Å². The van der Waals surface area contributed by atoms with Gasteiger partial charge in [0.1, 0.15) is 11.8 Å². The monoisotopic (exact) mass is 378 g/mol. The lowest BCUT2D eigenvalue weighted by molar-refractivity contribution is -0.123. The van der Waals surface area contributed by atoms with E-state index >= 15 is 0 Å². The minimum absolute atomic E-state index is 0.217. The number of carbonyl (C=O) groups excluding carboxylic acids is 2. The average Bonchev–Trinajstić information content (AvgIpc) is 2.73. The van der Waals surface area contributed by atoms with Crippen LogP contribution in [0.3, 0.4) is 0 Å². The average molecular weight is 378 g/mol. The maximum Gasteiger partial charge on any atom is 0.246 e. The molecule has 2 aromatic carbocycles. The Morgan fingerprint density at radius 2 is 1.82 bits per heavy atom. The summed E-state index contributed by atoms with van der Waals surface area (Å²) in [6.07, 6.45) is 7.50. The van der Waals surface area contributed by atoms with Gasteiger partial charge < -0.3 is 15.4 Å². The molecule has 0 aliphatic heterocycles. The molecule has 0 heterocycles. The summed E-state index contributed by atoms with van der Waals surface area (Å²) in [4.78, 5) is 24.7. The van der Waals surface area contributed by atoms with Gasteiger partial charge in [0.2, 0.25) is 11.8 Å². The molecule has 0 saturated heterocycles. The fourth-order valence-electron chi connectivity index (χ4n) is 3.35. The molecule has 2 aromatic rings. The molecule has 146 valence electrons. The molecule has 1 atom stereocenters. The van der Waals surface area contributed by atoms with Crippen molar-refractivity contribution in [2.24, 2.45) is 0 Å². The highest BCUT2D eigenvalue weighted by Crippen LogP contribution is 2.27. The zero-order valence-corrected chi connectivity index (χ0v) is 16.3. The van der Waals surface area contributed by atoms with Gasteiger partial charge in [-0.1, -0.05) is 24.3 Å². The molecule has 1 aliphatic carbocycles. The molecular formula is C23H26N2O3. The van der Waals surface area contributed by atoms with Crippen molar-refractivity contribution in [3.8, 4) is 5.75 Å². The van der Waals surface area contributed by atoms with Crippen molar-refractivity contribution in [3.63, 3.8) is 0 Å². The minimum Gasteiger partial charge on any atom is -0.497 e. The topological polar surface area (TPSA) is 67.4 Å². The van der Waals surface area contributed by atoms with E-state index in [0.717, 1.165) is 36.3 Å². The van der Waals surface area contributed by atoms with Crippen molar-refractivity contribution in [1.82, 2.24) is 5.32 Å². The highest BCUT2D eigenvalue weighted by molar-refractivity contribution is 6.00. The summed E-state index contributed by atoms with van der Waals surface area (Å²) in [5.74, 6) is 0.230. The number of methoxy groups -OCH3 is 1. The van der Waals surface area contributed by atoms with E-state index in [9.17, 15) is 9.59 Å². The van der Waals surface area contributed by atoms with Gasteiger partial charge in [-0.05, 0) is 73.6 Å². The summed E-state index contributed by atoms with van der Waals surface area (Å²) in [6.45, 7) is 1.68. The molecule has 1 aliphatic rings. The number of ether oxygens (including phenoxy) is 1. The van der Waals surface area contributed by atoms with Crippen molar-refractivity contribution < 1.29 is 14.3 Å². The number of hydrogen-bond acceptors (Lipinski definition) is 3. The molecule has 1 unspecified atom stereocenters. The predicted molar refractivity (Wildman–Crippen MR) is 111 cm³/mol. The van der Waals surface area contributed by atoms with Crippen LogP contribution < -0.4 is 15.4 Å². The molecule has 0 aromatic heterocycles. The molecule has 2 N–H and O–H groups in total. The van der Waals surface area contributed by atoms with Crippen LogP contribution in [0.1, 0.15) is 36.5 Å². The van der Waals surface area contributed by atoms with Crippen LogP contribution in [0.2, 0.25) is 0 Å². The number of nitrogens with one attached hydrogen (secondary N) is 2. The number of benzene rings is 2. The van der Waals surface area contributed by atoms with Crippen LogP contribution in [-0.4, -0.2) is 25.0 Å². The van der Waals surface area contributed by atoms with Crippen molar-refractivity contribution in [3.05, 3.63) is 65.2 Å². The van der Waals surface area contributed by atoms with Gasteiger partial charge in [0.05, 0.1) is 7.11 Å². The first-order valence-corrected chi connectivity index (χ1v) is 9.61. The minimum atomic E-state index is -0.632. The van der Waals surface area contributed by atoms with Gasteiger partial charge in [-0.25, -0.2) is 0 Å². The van der Waals surface area contributed by atoms with E-state index in [-0.39, 0.29) is 11.8 Å². The van der Waals surface area contributed by atoms with Crippen LogP contribution in [0, 0.1) is 0 Å². The van der Waals surface area contributed by atoms with Crippen LogP contribution in [0.15, 0.2) is 48.5 Å². The first kappa shape index (κ1) is 19.7. The Balaban J connectivity index is 1.56. The third kappa shape index (κ3) is 5.00. The predicted octanol–water partition coefficient (Wildman–Crippen LogP) is 3.73. The number of rotatable bonds is 6. The summed E-state index contributed by atoms with van der Waals surface area (Å²) >= 11 is 0. The molecule has 3 rings (SSSR count). The Morgan fingerprint density at radius 3 is 2.57 bits per heavy atom. The van der Waals surface area contributed by atoms with E-state index in [0.29, 0.717) is 0 Å². The third-order valence-electron chi connectivity index (χ3n) is 4.95. The van der Waals surface area contributed by atoms with Crippen LogP contribution in [0.5, 0.6) is 5.75 Å². The van der Waals surface area contributed by atoms with Crippen molar-refractivity contribution in [2.75, 3.05) is 12.4 Å². The first-order chi connectivity index (χ1) is 13.6. The van der Waals surface area contributed by atoms with E-state index in [1.54, 1.807) is 20.1 Å². The van der Waals surface area contributed by atoms with E-state index in [4.69, 9.17) is 4.74 Å². The van der Waals surface area contributed by atoms with E-state index in [1.807, 2.05) is 36.4 Å². The van der Waals surface area contributed by atoms with Gasteiger partial charge in [-0.2, -0.15) is 0 Å². The molecule has 0 radical (unpaired) electrons. The fraction of sp³-hybridized carbons (Fsp3) is 0.304. The normalized spacial score (nSPS) is 14.2. The number of hydrogen-bond donors (Lipinski definition) is 2. The second-order valence-corrected chi connectivity index (χ2v) is 6.98. The smallest absolute Gasteiger partial charge is 0.246 e. The summed E-state index contributed by atoms with van der Waals surface area (Å²) in [5, 5.41) is 5.68. The molecular weight excluding hydrogens is 352 g/mol. The zero-order valence-electron chi connectivity index (χ0n) is 16.3. The SMILES string of the molecule is COc1ccc(/C=C/C(=O)NC(C)C(=O)Nc2cccc3c2CCCC3)cc1. The second kappa shape index (κ2) is 9.22. The summed E-state index contributed by atoms with van der Waals surface area (Å²) in [5.41, 5.74) is 4.27. The zero-order chi connectivity index (χ0) is 19.9. The van der Waals surface area contributed by atoms with Crippen molar-refractivity contribution >= 4 is 23.6 Å². The molecule has 0 bridgehead atoms. The molecule has 2 amide bonds. The van der Waals surface area contributed by atoms with E-state index < -0.39 is 6.04 Å². The number of amides is 2. The Morgan fingerprint density at radius 1 is 1.07 bits per heavy atom. The largest absolute Gasteiger partial charge is 0.497 e. The molecule has 28 heavy (non-hydrogen) atoms. The summed E-state index contributed by atoms with van der Waals surface area (Å²) in [7, 11) is 1.61. The Kier molecular flexibility index (Phi) is 6.48. The lowest BCUT2D eigenvalue weighted by Crippen LogP contribution is -2.41. The van der Waals surface area contributed by atoms with Gasteiger partial charge >= 0.3 is 0 Å². The van der Waals surface area contributed by atoms with Gasteiger partial charge in [-0.3, -0.25) is 9.59 Å². The number of carbonyl (C=O) groups is 2. The number of anilines is 1. The van der Waals surface area contributed by atoms with Gasteiger partial charge in [0, 0.05) is 11.8 Å². The fourth-order valence-corrected chi connectivity index (χ4v) is 3.35. The van der Waals surface area contributed by atoms with Crippen LogP contribution in [0.25, 0.3) is 6.08 Å². The molecule has 5 nitrogen and oxygen atoms in total. The summed E-state index contributed by atoms with van der Waals surface area (Å²) in [6, 6.07) is 12.8. The van der Waals surface area contributed by atoms with Crippen LogP contribution in [0.4, 0.5) is 5.69 Å². The van der Waals surface area contributed by atoms with Crippen LogP contribution >= 0.6 is 0 Å². The molecule has 0 saturated carbocycles. The van der Waals surface area contributed by atoms with Gasteiger partial charge in [0.25, 0.3) is 0 Å². The highest BCUT2D eigenvalue weighted by atomic mass is 16.5. The standard InChI is InChI=1S/C23H26N2O3/c1-16(24-22(26)15-12-17-10-13-19(28-2)14-11-17)23(27)25-21-9-5-7-18-6-3-4-8-20(18)21/h5,7,9-16H,3-4,6,8H2,1-2H3,(H,24,26)(H,25,27)/b15-12+. The number of fused-ring (bicyclic) bond motifs is 1. The first-order valence-electron chi connectivity index (χ1n) is 9.61. The Labute approximate surface area is 165 Å². The number of aryl methyl sites for hydroxylation is 1. The molecule has 0 spiro atoms. The van der Waals surface area contributed by atoms with E-state index in [2.05, 4.69) is 16.7 Å². The maximum atomic E-state index is 12.5.